The molecule has 0 aliphatic heterocycles. The maximum absolute atomic E-state index is 6.50. The van der Waals surface area contributed by atoms with Gasteiger partial charge in [0.2, 0.25) is 0 Å². The third-order valence-corrected chi connectivity index (χ3v) is 2.20. The van der Waals surface area contributed by atoms with E-state index in [9.17, 15) is 0 Å². The minimum absolute atomic E-state index is 0.893. The molecule has 0 heterocycles. The van der Waals surface area contributed by atoms with E-state index < -0.39 is 0 Å². The SMILES string of the molecule is C#N.COc1ccc(-c2ccccc2)cc1. The van der Waals surface area contributed by atoms with Gasteiger partial charge in [0.25, 0.3) is 0 Å². The zero-order chi connectivity index (χ0) is 11.8. The molecule has 0 aliphatic carbocycles. The molecule has 0 N–H and O–H groups in total. The zero-order valence-corrected chi connectivity index (χ0v) is 9.13. The van der Waals surface area contributed by atoms with Crippen molar-refractivity contribution in [2.45, 2.75) is 0 Å². The van der Waals surface area contributed by atoms with Crippen molar-refractivity contribution in [3.63, 3.8) is 0 Å². The number of nitriles is 1. The van der Waals surface area contributed by atoms with Crippen LogP contribution in [0.3, 0.4) is 0 Å². The molecule has 0 amide bonds. The van der Waals surface area contributed by atoms with Gasteiger partial charge >= 0.3 is 0 Å². The summed E-state index contributed by atoms with van der Waals surface area (Å²) in [5.41, 5.74) is 2.45. The number of rotatable bonds is 2. The maximum Gasteiger partial charge on any atom is 0.118 e. The number of nitrogens with zero attached hydrogens (tertiary/aromatic N) is 1. The van der Waals surface area contributed by atoms with Crippen LogP contribution in [-0.2, 0) is 0 Å². The van der Waals surface area contributed by atoms with Crippen molar-refractivity contribution < 1.29 is 4.74 Å². The predicted octanol–water partition coefficient (Wildman–Crippen LogP) is 3.50. The lowest BCUT2D eigenvalue weighted by Gasteiger charge is -2.02. The summed E-state index contributed by atoms with van der Waals surface area (Å²) in [6.07, 6.45) is 0. The predicted molar refractivity (Wildman–Crippen MR) is 65.1 cm³/mol. The standard InChI is InChI=1S/C13H12O.CHN/c1-14-13-9-7-12(8-10-13)11-5-3-2-4-6-11;1-2/h2-10H,1H3;1H. The summed E-state index contributed by atoms with van der Waals surface area (Å²) in [5, 5.41) is 6.50. The number of ether oxygens (including phenoxy) is 1. The van der Waals surface area contributed by atoms with Gasteiger partial charge in [0.1, 0.15) is 5.75 Å². The number of hydrogen-bond donors (Lipinski definition) is 0. The van der Waals surface area contributed by atoms with E-state index >= 15 is 0 Å². The average Bonchev–Trinajstić information content (AvgIpc) is 2.42. The highest BCUT2D eigenvalue weighted by molar-refractivity contribution is 5.63. The van der Waals surface area contributed by atoms with Gasteiger partial charge in [-0.05, 0) is 23.3 Å². The fraction of sp³-hybridized carbons (Fsp3) is 0.0714. The van der Waals surface area contributed by atoms with E-state index in [0.717, 1.165) is 5.75 Å². The Morgan fingerprint density at radius 1 is 0.812 bits per heavy atom. The van der Waals surface area contributed by atoms with Crippen LogP contribution in [0.4, 0.5) is 0 Å². The molecule has 0 saturated carbocycles. The van der Waals surface area contributed by atoms with Gasteiger partial charge < -0.3 is 4.74 Å². The second-order valence-electron chi connectivity index (χ2n) is 3.09. The Kier molecular flexibility index (Phi) is 4.62. The van der Waals surface area contributed by atoms with Crippen LogP contribution < -0.4 is 4.74 Å². The van der Waals surface area contributed by atoms with Crippen molar-refractivity contribution in [2.24, 2.45) is 0 Å². The van der Waals surface area contributed by atoms with E-state index in [4.69, 9.17) is 10.00 Å². The van der Waals surface area contributed by atoms with Gasteiger partial charge in [0.05, 0.1) is 7.11 Å². The first kappa shape index (κ1) is 11.8. The van der Waals surface area contributed by atoms with E-state index in [2.05, 4.69) is 30.8 Å². The summed E-state index contributed by atoms with van der Waals surface area (Å²) in [7, 11) is 1.68. The van der Waals surface area contributed by atoms with Gasteiger partial charge in [-0.15, -0.1) is 0 Å². The van der Waals surface area contributed by atoms with E-state index in [0.29, 0.717) is 0 Å². The molecule has 0 bridgehead atoms. The lowest BCUT2D eigenvalue weighted by molar-refractivity contribution is 0.415. The Morgan fingerprint density at radius 3 is 1.81 bits per heavy atom. The van der Waals surface area contributed by atoms with Gasteiger partial charge in [-0.1, -0.05) is 42.5 Å². The molecule has 0 aromatic heterocycles. The summed E-state index contributed by atoms with van der Waals surface area (Å²) in [5.74, 6) is 0.893. The molecule has 2 nitrogen and oxygen atoms in total. The van der Waals surface area contributed by atoms with Crippen molar-refractivity contribution in [1.82, 2.24) is 0 Å². The monoisotopic (exact) mass is 211 g/mol. The number of benzene rings is 2. The van der Waals surface area contributed by atoms with Crippen LogP contribution >= 0.6 is 0 Å². The molecule has 0 aliphatic rings. The van der Waals surface area contributed by atoms with Gasteiger partial charge in [0.15, 0.2) is 0 Å². The Hall–Kier alpha value is -2.27. The van der Waals surface area contributed by atoms with Gasteiger partial charge in [0, 0.05) is 6.57 Å². The van der Waals surface area contributed by atoms with Crippen LogP contribution in [0.15, 0.2) is 54.6 Å². The summed E-state index contributed by atoms with van der Waals surface area (Å²) in [6, 6.07) is 18.4. The average molecular weight is 211 g/mol. The summed E-state index contributed by atoms with van der Waals surface area (Å²) < 4.78 is 5.11. The quantitative estimate of drug-likeness (QED) is 0.761. The minimum Gasteiger partial charge on any atom is -0.497 e. The summed E-state index contributed by atoms with van der Waals surface area (Å²) >= 11 is 0. The molecule has 0 radical (unpaired) electrons. The van der Waals surface area contributed by atoms with Gasteiger partial charge in [-0.2, -0.15) is 0 Å². The molecule has 2 rings (SSSR count). The zero-order valence-electron chi connectivity index (χ0n) is 9.13. The maximum atomic E-state index is 6.50. The van der Waals surface area contributed by atoms with Gasteiger partial charge in [-0.25, -0.2) is 5.26 Å². The molecule has 2 aromatic rings. The Balaban J connectivity index is 0.000000606. The van der Waals surface area contributed by atoms with Crippen LogP contribution in [0.1, 0.15) is 0 Å². The van der Waals surface area contributed by atoms with Crippen LogP contribution in [0, 0.1) is 11.8 Å². The second-order valence-corrected chi connectivity index (χ2v) is 3.09. The van der Waals surface area contributed by atoms with Crippen LogP contribution in [0.25, 0.3) is 11.1 Å². The highest BCUT2D eigenvalue weighted by atomic mass is 16.5. The topological polar surface area (TPSA) is 33.0 Å². The summed E-state index contributed by atoms with van der Waals surface area (Å²) in [6.45, 7) is 3.50. The molecule has 2 aromatic carbocycles. The lowest BCUT2D eigenvalue weighted by Crippen LogP contribution is -1.82. The minimum atomic E-state index is 0.893. The Bertz CT molecular complexity index is 431. The largest absolute Gasteiger partial charge is 0.497 e. The van der Waals surface area contributed by atoms with E-state index in [1.807, 2.05) is 30.3 Å². The molecular formula is C14H13NO. The van der Waals surface area contributed by atoms with Crippen molar-refractivity contribution in [3.8, 4) is 23.4 Å². The van der Waals surface area contributed by atoms with Crippen molar-refractivity contribution in [2.75, 3.05) is 7.11 Å². The normalized spacial score (nSPS) is 8.69. The number of methoxy groups -OCH3 is 1. The second kappa shape index (κ2) is 6.26. The third-order valence-electron chi connectivity index (χ3n) is 2.20. The Labute approximate surface area is 95.7 Å². The molecule has 80 valence electrons. The van der Waals surface area contributed by atoms with Crippen LogP contribution in [0.2, 0.25) is 0 Å². The fourth-order valence-electron chi connectivity index (χ4n) is 1.41. The van der Waals surface area contributed by atoms with Crippen LogP contribution in [0.5, 0.6) is 5.75 Å². The van der Waals surface area contributed by atoms with Crippen LogP contribution in [-0.4, -0.2) is 7.11 Å². The molecule has 16 heavy (non-hydrogen) atoms. The molecule has 0 spiro atoms. The highest BCUT2D eigenvalue weighted by Gasteiger charge is 1.95. The first-order valence-electron chi connectivity index (χ1n) is 4.85. The van der Waals surface area contributed by atoms with Crippen molar-refractivity contribution >= 4 is 0 Å². The molecule has 0 fully saturated rings. The first-order valence-corrected chi connectivity index (χ1v) is 4.85. The smallest absolute Gasteiger partial charge is 0.118 e. The molecule has 0 atom stereocenters. The first-order chi connectivity index (χ1) is 7.90. The van der Waals surface area contributed by atoms with E-state index in [1.54, 1.807) is 7.11 Å². The molecular weight excluding hydrogens is 198 g/mol. The number of hydrogen-bond acceptors (Lipinski definition) is 2. The Morgan fingerprint density at radius 2 is 1.31 bits per heavy atom. The van der Waals surface area contributed by atoms with E-state index in [1.165, 1.54) is 11.1 Å². The third kappa shape index (κ3) is 2.86. The molecule has 0 unspecified atom stereocenters. The lowest BCUT2D eigenvalue weighted by atomic mass is 10.1. The van der Waals surface area contributed by atoms with E-state index in [-0.39, 0.29) is 0 Å². The van der Waals surface area contributed by atoms with Gasteiger partial charge in [-0.3, -0.25) is 0 Å². The molecule has 0 saturated heterocycles. The molecule has 2 heteroatoms. The highest BCUT2D eigenvalue weighted by Crippen LogP contribution is 2.21. The summed E-state index contributed by atoms with van der Waals surface area (Å²) in [4.78, 5) is 0. The van der Waals surface area contributed by atoms with Crippen molar-refractivity contribution in [1.29, 1.82) is 5.26 Å². The van der Waals surface area contributed by atoms with Crippen molar-refractivity contribution in [3.05, 3.63) is 54.6 Å². The fourth-order valence-corrected chi connectivity index (χ4v) is 1.41.